The van der Waals surface area contributed by atoms with Crippen molar-refractivity contribution in [1.29, 1.82) is 0 Å². The predicted molar refractivity (Wildman–Crippen MR) is 144 cm³/mol. The lowest BCUT2D eigenvalue weighted by molar-refractivity contribution is -0.118. The molecule has 4 rings (SSSR count). The largest absolute Gasteiger partial charge is 0.497 e. The lowest BCUT2D eigenvalue weighted by atomic mass is 10.2. The van der Waals surface area contributed by atoms with Gasteiger partial charge in [-0.25, -0.2) is 5.43 Å². The molecule has 9 nitrogen and oxygen atoms in total. The fourth-order valence-electron chi connectivity index (χ4n) is 3.48. The van der Waals surface area contributed by atoms with Crippen molar-refractivity contribution in [2.24, 2.45) is 5.10 Å². The second-order valence-corrected chi connectivity index (χ2v) is 8.57. The first-order valence-corrected chi connectivity index (χ1v) is 12.5. The number of nitrogens with one attached hydrogen (secondary N) is 1. The number of amides is 1. The minimum absolute atomic E-state index is 0.104. The van der Waals surface area contributed by atoms with Gasteiger partial charge in [-0.05, 0) is 55.0 Å². The highest BCUT2D eigenvalue weighted by Gasteiger charge is 2.17. The van der Waals surface area contributed by atoms with E-state index in [9.17, 15) is 4.79 Å². The number of rotatable bonds is 11. The molecule has 3 aromatic carbocycles. The summed E-state index contributed by atoms with van der Waals surface area (Å²) in [5.74, 6) is 2.50. The van der Waals surface area contributed by atoms with Crippen LogP contribution in [0, 0.1) is 0 Å². The molecule has 10 heteroatoms. The molecule has 0 unspecified atom stereocenters. The number of carbonyl (C=O) groups is 1. The zero-order valence-corrected chi connectivity index (χ0v) is 21.6. The number of nitrogens with zero attached hydrogens (tertiary/aromatic N) is 4. The van der Waals surface area contributed by atoms with Crippen LogP contribution in [0.25, 0.3) is 17.1 Å². The minimum Gasteiger partial charge on any atom is -0.497 e. The van der Waals surface area contributed by atoms with E-state index in [2.05, 4.69) is 20.7 Å². The number of hydrogen-bond donors (Lipinski definition) is 1. The lowest BCUT2D eigenvalue weighted by Crippen LogP contribution is -2.20. The SMILES string of the molecule is CCOc1ccc(/C=N/NC(=O)CSc2nnc(-c3ccccc3)n2-c2ccc(OC)cc2)cc1OC. The Hall–Kier alpha value is -4.31. The molecule has 0 bridgehead atoms. The summed E-state index contributed by atoms with van der Waals surface area (Å²) in [7, 11) is 3.20. The molecule has 0 radical (unpaired) electrons. The Labute approximate surface area is 219 Å². The van der Waals surface area contributed by atoms with Crippen molar-refractivity contribution >= 4 is 23.9 Å². The topological polar surface area (TPSA) is 99.9 Å². The minimum atomic E-state index is -0.273. The van der Waals surface area contributed by atoms with Gasteiger partial charge < -0.3 is 14.2 Å². The molecule has 0 fully saturated rings. The van der Waals surface area contributed by atoms with E-state index in [1.165, 1.54) is 11.8 Å². The van der Waals surface area contributed by atoms with Gasteiger partial charge in [0, 0.05) is 11.3 Å². The number of aromatic nitrogens is 3. The van der Waals surface area contributed by atoms with Gasteiger partial charge in [0.1, 0.15) is 5.75 Å². The monoisotopic (exact) mass is 517 g/mol. The van der Waals surface area contributed by atoms with E-state index in [1.54, 1.807) is 32.6 Å². The summed E-state index contributed by atoms with van der Waals surface area (Å²) in [4.78, 5) is 12.5. The van der Waals surface area contributed by atoms with Gasteiger partial charge in [0.25, 0.3) is 5.91 Å². The third-order valence-electron chi connectivity index (χ3n) is 5.22. The molecular formula is C27H27N5O4S. The number of hydrazone groups is 1. The zero-order valence-electron chi connectivity index (χ0n) is 20.7. The van der Waals surface area contributed by atoms with Crippen molar-refractivity contribution in [3.8, 4) is 34.3 Å². The summed E-state index contributed by atoms with van der Waals surface area (Å²) in [5.41, 5.74) is 5.09. The Morgan fingerprint density at radius 3 is 2.49 bits per heavy atom. The first-order valence-electron chi connectivity index (χ1n) is 11.5. The van der Waals surface area contributed by atoms with Gasteiger partial charge in [0.05, 0.1) is 32.8 Å². The van der Waals surface area contributed by atoms with E-state index >= 15 is 0 Å². The summed E-state index contributed by atoms with van der Waals surface area (Å²) < 4.78 is 18.1. The lowest BCUT2D eigenvalue weighted by Gasteiger charge is -2.11. The molecule has 1 amide bonds. The summed E-state index contributed by atoms with van der Waals surface area (Å²) in [6, 6.07) is 22.8. The second kappa shape index (κ2) is 12.6. The number of carbonyl (C=O) groups excluding carboxylic acids is 1. The van der Waals surface area contributed by atoms with Crippen LogP contribution in [-0.2, 0) is 4.79 Å². The number of methoxy groups -OCH3 is 2. The van der Waals surface area contributed by atoms with Gasteiger partial charge in [-0.1, -0.05) is 42.1 Å². The number of thioether (sulfide) groups is 1. The predicted octanol–water partition coefficient (Wildman–Crippen LogP) is 4.59. The molecule has 1 heterocycles. The third-order valence-corrected chi connectivity index (χ3v) is 6.15. The molecule has 1 aromatic heterocycles. The molecule has 0 aliphatic carbocycles. The van der Waals surface area contributed by atoms with Crippen LogP contribution in [0.3, 0.4) is 0 Å². The molecular weight excluding hydrogens is 490 g/mol. The van der Waals surface area contributed by atoms with Gasteiger partial charge in [0.15, 0.2) is 22.5 Å². The van der Waals surface area contributed by atoms with Crippen LogP contribution in [0.5, 0.6) is 17.2 Å². The highest BCUT2D eigenvalue weighted by Crippen LogP contribution is 2.29. The van der Waals surface area contributed by atoms with Crippen LogP contribution in [-0.4, -0.2) is 53.5 Å². The fourth-order valence-corrected chi connectivity index (χ4v) is 4.23. The van der Waals surface area contributed by atoms with Crippen molar-refractivity contribution in [3.63, 3.8) is 0 Å². The maximum absolute atomic E-state index is 12.5. The summed E-state index contributed by atoms with van der Waals surface area (Å²) in [5, 5.41) is 13.4. The van der Waals surface area contributed by atoms with Crippen LogP contribution < -0.4 is 19.6 Å². The van der Waals surface area contributed by atoms with Crippen molar-refractivity contribution in [3.05, 3.63) is 78.4 Å². The Bertz CT molecular complexity index is 1360. The highest BCUT2D eigenvalue weighted by atomic mass is 32.2. The molecule has 37 heavy (non-hydrogen) atoms. The van der Waals surface area contributed by atoms with E-state index in [4.69, 9.17) is 14.2 Å². The van der Waals surface area contributed by atoms with E-state index < -0.39 is 0 Å². The van der Waals surface area contributed by atoms with Crippen molar-refractivity contribution < 1.29 is 19.0 Å². The molecule has 0 saturated carbocycles. The Morgan fingerprint density at radius 1 is 1.00 bits per heavy atom. The average Bonchev–Trinajstić information content (AvgIpc) is 3.37. The smallest absolute Gasteiger partial charge is 0.250 e. The molecule has 190 valence electrons. The third kappa shape index (κ3) is 6.47. The van der Waals surface area contributed by atoms with Crippen LogP contribution >= 0.6 is 11.8 Å². The van der Waals surface area contributed by atoms with Gasteiger partial charge in [-0.2, -0.15) is 5.10 Å². The molecule has 4 aromatic rings. The first-order chi connectivity index (χ1) is 18.1. The van der Waals surface area contributed by atoms with Crippen LogP contribution in [0.1, 0.15) is 12.5 Å². The van der Waals surface area contributed by atoms with Gasteiger partial charge >= 0.3 is 0 Å². The number of ether oxygens (including phenoxy) is 3. The molecule has 1 N–H and O–H groups in total. The van der Waals surface area contributed by atoms with Gasteiger partial charge in [-0.3, -0.25) is 9.36 Å². The first kappa shape index (κ1) is 25.8. The summed E-state index contributed by atoms with van der Waals surface area (Å²) >= 11 is 1.27. The molecule has 0 saturated heterocycles. The molecule has 0 aliphatic rings. The number of benzene rings is 3. The van der Waals surface area contributed by atoms with Gasteiger partial charge in [0.2, 0.25) is 0 Å². The van der Waals surface area contributed by atoms with Crippen LogP contribution in [0.15, 0.2) is 83.1 Å². The average molecular weight is 518 g/mol. The highest BCUT2D eigenvalue weighted by molar-refractivity contribution is 7.99. The van der Waals surface area contributed by atoms with E-state index in [-0.39, 0.29) is 11.7 Å². The van der Waals surface area contributed by atoms with Crippen molar-refractivity contribution in [2.75, 3.05) is 26.6 Å². The number of hydrogen-bond acceptors (Lipinski definition) is 8. The maximum atomic E-state index is 12.5. The Morgan fingerprint density at radius 2 is 1.78 bits per heavy atom. The normalized spacial score (nSPS) is 10.9. The van der Waals surface area contributed by atoms with Crippen molar-refractivity contribution in [2.45, 2.75) is 12.1 Å². The van der Waals surface area contributed by atoms with E-state index in [0.29, 0.717) is 29.1 Å². The Balaban J connectivity index is 1.46. The molecule has 0 atom stereocenters. The standard InChI is InChI=1S/C27H27N5O4S/c1-4-36-23-15-10-19(16-24(23)35-3)17-28-29-25(33)18-37-27-31-30-26(20-8-6-5-7-9-20)32(27)21-11-13-22(34-2)14-12-21/h5-17H,4,18H2,1-3H3,(H,29,33)/b28-17+. The fraction of sp³-hybridized carbons (Fsp3) is 0.185. The zero-order chi connectivity index (χ0) is 26.0. The quantitative estimate of drug-likeness (QED) is 0.176. The second-order valence-electron chi connectivity index (χ2n) is 7.63. The van der Waals surface area contributed by atoms with E-state index in [1.807, 2.05) is 72.2 Å². The summed E-state index contributed by atoms with van der Waals surface area (Å²) in [6.07, 6.45) is 1.55. The Kier molecular flexibility index (Phi) is 8.77. The van der Waals surface area contributed by atoms with E-state index in [0.717, 1.165) is 22.6 Å². The van der Waals surface area contributed by atoms with Crippen LogP contribution in [0.4, 0.5) is 0 Å². The molecule has 0 spiro atoms. The van der Waals surface area contributed by atoms with Crippen molar-refractivity contribution in [1.82, 2.24) is 20.2 Å². The van der Waals surface area contributed by atoms with Crippen LogP contribution in [0.2, 0.25) is 0 Å². The summed E-state index contributed by atoms with van der Waals surface area (Å²) in [6.45, 7) is 2.45. The maximum Gasteiger partial charge on any atom is 0.250 e. The van der Waals surface area contributed by atoms with Gasteiger partial charge in [-0.15, -0.1) is 10.2 Å². The molecule has 0 aliphatic heterocycles.